The van der Waals surface area contributed by atoms with Gasteiger partial charge in [0.15, 0.2) is 0 Å². The number of piperidine rings is 1. The molecule has 0 spiro atoms. The van der Waals surface area contributed by atoms with Gasteiger partial charge in [0, 0.05) is 31.0 Å². The van der Waals surface area contributed by atoms with Gasteiger partial charge in [-0.15, -0.1) is 0 Å². The second-order valence-electron chi connectivity index (χ2n) is 4.90. The molecule has 2 rings (SSSR count). The van der Waals surface area contributed by atoms with Crippen LogP contribution in [0.5, 0.6) is 0 Å². The van der Waals surface area contributed by atoms with Crippen LogP contribution in [0.4, 0.5) is 0 Å². The molecule has 1 aromatic rings. The van der Waals surface area contributed by atoms with E-state index in [9.17, 15) is 0 Å². The molecule has 0 aliphatic carbocycles. The number of hydrogen-bond donors (Lipinski definition) is 1. The van der Waals surface area contributed by atoms with Crippen LogP contribution in [0.1, 0.15) is 19.8 Å². The van der Waals surface area contributed by atoms with Crippen LogP contribution in [0.3, 0.4) is 0 Å². The lowest BCUT2D eigenvalue weighted by molar-refractivity contribution is 0.223. The summed E-state index contributed by atoms with van der Waals surface area (Å²) in [5.41, 5.74) is 0. The van der Waals surface area contributed by atoms with Gasteiger partial charge in [0.05, 0.1) is 6.33 Å². The van der Waals surface area contributed by atoms with Crippen molar-refractivity contribution in [3.63, 3.8) is 0 Å². The van der Waals surface area contributed by atoms with Crippen molar-refractivity contribution in [3.05, 3.63) is 18.7 Å². The third-order valence-electron chi connectivity index (χ3n) is 3.28. The minimum absolute atomic E-state index is 0.516. The summed E-state index contributed by atoms with van der Waals surface area (Å²) in [6.45, 7) is 5.69. The van der Waals surface area contributed by atoms with Crippen LogP contribution in [0, 0.1) is 0 Å². The van der Waals surface area contributed by atoms with Crippen LogP contribution in [0.15, 0.2) is 18.7 Å². The van der Waals surface area contributed by atoms with E-state index in [1.54, 1.807) is 0 Å². The average molecular weight is 222 g/mol. The standard InChI is InChI=1S/C12H22N4/c1-11(9-16-8-5-13-10-16)14-12-3-6-15(2)7-4-12/h5,8,10-12,14H,3-4,6-7,9H2,1-2H3. The highest BCUT2D eigenvalue weighted by Gasteiger charge is 2.17. The van der Waals surface area contributed by atoms with E-state index < -0.39 is 0 Å². The van der Waals surface area contributed by atoms with Gasteiger partial charge >= 0.3 is 0 Å². The van der Waals surface area contributed by atoms with Crippen molar-refractivity contribution in [2.24, 2.45) is 0 Å². The summed E-state index contributed by atoms with van der Waals surface area (Å²) in [6, 6.07) is 1.21. The lowest BCUT2D eigenvalue weighted by Crippen LogP contribution is -2.45. The third kappa shape index (κ3) is 3.32. The fraction of sp³-hybridized carbons (Fsp3) is 0.750. The van der Waals surface area contributed by atoms with Crippen molar-refractivity contribution >= 4 is 0 Å². The summed E-state index contributed by atoms with van der Waals surface area (Å²) in [6.07, 6.45) is 8.28. The van der Waals surface area contributed by atoms with Crippen LogP contribution in [-0.2, 0) is 6.54 Å². The molecule has 1 aromatic heterocycles. The Bertz CT molecular complexity index is 288. The molecule has 1 unspecified atom stereocenters. The Morgan fingerprint density at radius 1 is 1.44 bits per heavy atom. The van der Waals surface area contributed by atoms with E-state index in [1.165, 1.54) is 25.9 Å². The molecule has 0 amide bonds. The molecule has 0 radical (unpaired) electrons. The monoisotopic (exact) mass is 222 g/mol. The predicted molar refractivity (Wildman–Crippen MR) is 65.3 cm³/mol. The molecule has 1 aliphatic rings. The van der Waals surface area contributed by atoms with E-state index >= 15 is 0 Å². The molecule has 90 valence electrons. The van der Waals surface area contributed by atoms with Gasteiger partial charge in [-0.25, -0.2) is 4.98 Å². The molecule has 0 bridgehead atoms. The molecule has 1 aliphatic heterocycles. The van der Waals surface area contributed by atoms with Crippen LogP contribution >= 0.6 is 0 Å². The van der Waals surface area contributed by atoms with Crippen LogP contribution < -0.4 is 5.32 Å². The van der Waals surface area contributed by atoms with Gasteiger partial charge in [-0.05, 0) is 39.9 Å². The lowest BCUT2D eigenvalue weighted by atomic mass is 10.0. The highest BCUT2D eigenvalue weighted by Crippen LogP contribution is 2.09. The zero-order chi connectivity index (χ0) is 11.4. The van der Waals surface area contributed by atoms with E-state index in [1.807, 2.05) is 18.7 Å². The van der Waals surface area contributed by atoms with E-state index in [-0.39, 0.29) is 0 Å². The smallest absolute Gasteiger partial charge is 0.0946 e. The summed E-state index contributed by atoms with van der Waals surface area (Å²) >= 11 is 0. The van der Waals surface area contributed by atoms with Crippen LogP contribution in [-0.4, -0.2) is 46.7 Å². The number of likely N-dealkylation sites (tertiary alicyclic amines) is 1. The molecule has 1 fully saturated rings. The Hall–Kier alpha value is -0.870. The minimum Gasteiger partial charge on any atom is -0.336 e. The Balaban J connectivity index is 1.72. The number of rotatable bonds is 4. The molecule has 2 heterocycles. The fourth-order valence-electron chi connectivity index (χ4n) is 2.34. The van der Waals surface area contributed by atoms with Crippen molar-refractivity contribution in [2.75, 3.05) is 20.1 Å². The quantitative estimate of drug-likeness (QED) is 0.823. The number of nitrogens with zero attached hydrogens (tertiary/aromatic N) is 3. The maximum Gasteiger partial charge on any atom is 0.0946 e. The van der Waals surface area contributed by atoms with Crippen molar-refractivity contribution in [1.29, 1.82) is 0 Å². The maximum absolute atomic E-state index is 4.06. The normalized spacial score (nSPS) is 21.1. The van der Waals surface area contributed by atoms with Gasteiger partial charge in [-0.2, -0.15) is 0 Å². The largest absolute Gasteiger partial charge is 0.336 e. The van der Waals surface area contributed by atoms with E-state index in [2.05, 4.69) is 33.7 Å². The summed E-state index contributed by atoms with van der Waals surface area (Å²) in [4.78, 5) is 6.46. The third-order valence-corrected chi connectivity index (χ3v) is 3.28. The highest BCUT2D eigenvalue weighted by molar-refractivity contribution is 4.80. The maximum atomic E-state index is 4.06. The van der Waals surface area contributed by atoms with Gasteiger partial charge in [-0.3, -0.25) is 0 Å². The summed E-state index contributed by atoms with van der Waals surface area (Å²) in [5, 5.41) is 3.70. The Morgan fingerprint density at radius 2 is 2.19 bits per heavy atom. The van der Waals surface area contributed by atoms with Crippen molar-refractivity contribution in [3.8, 4) is 0 Å². The molecule has 1 N–H and O–H groups in total. The van der Waals surface area contributed by atoms with Crippen LogP contribution in [0.25, 0.3) is 0 Å². The van der Waals surface area contributed by atoms with E-state index in [4.69, 9.17) is 0 Å². The lowest BCUT2D eigenvalue weighted by Gasteiger charge is -2.31. The minimum atomic E-state index is 0.516. The first kappa shape index (κ1) is 11.6. The molecule has 16 heavy (non-hydrogen) atoms. The van der Waals surface area contributed by atoms with Crippen molar-refractivity contribution in [2.45, 2.75) is 38.4 Å². The Kier molecular flexibility index (Phi) is 3.96. The van der Waals surface area contributed by atoms with E-state index in [0.717, 1.165) is 6.54 Å². The molecule has 0 aromatic carbocycles. The SMILES string of the molecule is CC(Cn1ccnc1)NC1CCN(C)CC1. The topological polar surface area (TPSA) is 33.1 Å². The van der Waals surface area contributed by atoms with Gasteiger partial charge in [0.25, 0.3) is 0 Å². The highest BCUT2D eigenvalue weighted by atomic mass is 15.1. The first-order valence-electron chi connectivity index (χ1n) is 6.14. The molecular weight excluding hydrogens is 200 g/mol. The summed E-state index contributed by atoms with van der Waals surface area (Å²) in [7, 11) is 2.20. The predicted octanol–water partition coefficient (Wildman–Crippen LogP) is 0.955. The molecule has 1 atom stereocenters. The van der Waals surface area contributed by atoms with E-state index in [0.29, 0.717) is 12.1 Å². The Labute approximate surface area is 97.7 Å². The second kappa shape index (κ2) is 5.46. The van der Waals surface area contributed by atoms with Gasteiger partial charge < -0.3 is 14.8 Å². The van der Waals surface area contributed by atoms with Gasteiger partial charge in [0.2, 0.25) is 0 Å². The zero-order valence-electron chi connectivity index (χ0n) is 10.3. The first-order chi connectivity index (χ1) is 7.74. The molecular formula is C12H22N4. The second-order valence-corrected chi connectivity index (χ2v) is 4.90. The number of imidazole rings is 1. The van der Waals surface area contributed by atoms with Crippen molar-refractivity contribution in [1.82, 2.24) is 19.8 Å². The molecule has 4 heteroatoms. The van der Waals surface area contributed by atoms with Gasteiger partial charge in [0.1, 0.15) is 0 Å². The molecule has 4 nitrogen and oxygen atoms in total. The van der Waals surface area contributed by atoms with Crippen molar-refractivity contribution < 1.29 is 0 Å². The summed E-state index contributed by atoms with van der Waals surface area (Å²) < 4.78 is 2.13. The zero-order valence-corrected chi connectivity index (χ0v) is 10.3. The number of nitrogens with one attached hydrogen (secondary N) is 1. The first-order valence-corrected chi connectivity index (χ1v) is 6.14. The number of hydrogen-bond acceptors (Lipinski definition) is 3. The van der Waals surface area contributed by atoms with Crippen LogP contribution in [0.2, 0.25) is 0 Å². The fourth-order valence-corrected chi connectivity index (χ4v) is 2.34. The molecule has 1 saturated heterocycles. The summed E-state index contributed by atoms with van der Waals surface area (Å²) in [5.74, 6) is 0. The molecule has 0 saturated carbocycles. The average Bonchev–Trinajstić information content (AvgIpc) is 2.74. The number of aromatic nitrogens is 2. The van der Waals surface area contributed by atoms with Gasteiger partial charge in [-0.1, -0.05) is 0 Å². The Morgan fingerprint density at radius 3 is 2.81 bits per heavy atom.